The van der Waals surface area contributed by atoms with Gasteiger partial charge in [-0.05, 0) is 39.8 Å². The number of rotatable bonds is 4. The van der Waals surface area contributed by atoms with Crippen LogP contribution in [0.4, 0.5) is 0 Å². The van der Waals surface area contributed by atoms with Crippen molar-refractivity contribution in [1.29, 1.82) is 0 Å². The first kappa shape index (κ1) is 13.9. The summed E-state index contributed by atoms with van der Waals surface area (Å²) in [6.07, 6.45) is 0.504. The van der Waals surface area contributed by atoms with Gasteiger partial charge in [-0.3, -0.25) is 9.59 Å². The molecule has 17 heavy (non-hydrogen) atoms. The third-order valence-electron chi connectivity index (χ3n) is 3.12. The van der Waals surface area contributed by atoms with E-state index in [2.05, 4.69) is 5.32 Å². The molecule has 98 valence electrons. The Hall–Kier alpha value is -1.14. The van der Waals surface area contributed by atoms with E-state index >= 15 is 0 Å². The molecule has 1 heterocycles. The molecule has 0 amide bonds. The van der Waals surface area contributed by atoms with Gasteiger partial charge in [0.2, 0.25) is 0 Å². The molecule has 6 heteroatoms. The molecule has 1 aliphatic rings. The monoisotopic (exact) mass is 244 g/mol. The normalized spacial score (nSPS) is 19.7. The molecule has 4 N–H and O–H groups in total. The maximum atomic E-state index is 12.0. The van der Waals surface area contributed by atoms with Crippen molar-refractivity contribution in [2.45, 2.75) is 32.3 Å². The number of hydrogen-bond donors (Lipinski definition) is 3. The summed E-state index contributed by atoms with van der Waals surface area (Å²) in [7, 11) is 0. The molecule has 0 aromatic heterocycles. The van der Waals surface area contributed by atoms with Crippen LogP contribution in [0.3, 0.4) is 0 Å². The van der Waals surface area contributed by atoms with Crippen molar-refractivity contribution in [3.8, 4) is 0 Å². The van der Waals surface area contributed by atoms with E-state index in [1.165, 1.54) is 0 Å². The number of nitrogens with one attached hydrogen (secondary N) is 1. The van der Waals surface area contributed by atoms with Crippen molar-refractivity contribution in [1.82, 2.24) is 5.32 Å². The van der Waals surface area contributed by atoms with Gasteiger partial charge >= 0.3 is 11.9 Å². The van der Waals surface area contributed by atoms with E-state index in [-0.39, 0.29) is 19.4 Å². The van der Waals surface area contributed by atoms with Crippen LogP contribution < -0.4 is 11.1 Å². The van der Waals surface area contributed by atoms with Gasteiger partial charge in [-0.15, -0.1) is 0 Å². The van der Waals surface area contributed by atoms with Gasteiger partial charge in [-0.25, -0.2) is 0 Å². The Bertz CT molecular complexity index is 309. The number of carbonyl (C=O) groups is 2. The Morgan fingerprint density at radius 2 is 1.94 bits per heavy atom. The number of ether oxygens (including phenoxy) is 1. The Morgan fingerprint density at radius 1 is 1.41 bits per heavy atom. The molecule has 0 aliphatic carbocycles. The van der Waals surface area contributed by atoms with E-state index in [1.807, 2.05) is 0 Å². The summed E-state index contributed by atoms with van der Waals surface area (Å²) in [5.41, 5.74) is 3.22. The third-order valence-corrected chi connectivity index (χ3v) is 3.12. The lowest BCUT2D eigenvalue weighted by atomic mass is 9.79. The van der Waals surface area contributed by atoms with Crippen LogP contribution in [-0.4, -0.2) is 42.3 Å². The average molecular weight is 244 g/mol. The van der Waals surface area contributed by atoms with E-state index in [9.17, 15) is 14.7 Å². The molecule has 0 aromatic rings. The fourth-order valence-electron chi connectivity index (χ4n) is 1.75. The zero-order valence-corrected chi connectivity index (χ0v) is 10.3. The van der Waals surface area contributed by atoms with Crippen LogP contribution in [-0.2, 0) is 14.3 Å². The van der Waals surface area contributed by atoms with E-state index in [0.29, 0.717) is 13.1 Å². The Balaban J connectivity index is 2.84. The minimum Gasteiger partial charge on any atom is -0.480 e. The van der Waals surface area contributed by atoms with Crippen molar-refractivity contribution in [3.05, 3.63) is 0 Å². The Morgan fingerprint density at radius 3 is 2.35 bits per heavy atom. The largest absolute Gasteiger partial charge is 0.480 e. The topological polar surface area (TPSA) is 102 Å². The van der Waals surface area contributed by atoms with Crippen molar-refractivity contribution in [2.75, 3.05) is 19.6 Å². The van der Waals surface area contributed by atoms with Gasteiger partial charge in [0.25, 0.3) is 0 Å². The molecule has 1 saturated heterocycles. The number of carboxylic acid groups (broad SMARTS) is 1. The quantitative estimate of drug-likeness (QED) is 0.464. The summed E-state index contributed by atoms with van der Waals surface area (Å²) < 4.78 is 5.22. The smallest absolute Gasteiger partial charge is 0.324 e. The van der Waals surface area contributed by atoms with Crippen LogP contribution in [0.2, 0.25) is 0 Å². The van der Waals surface area contributed by atoms with Crippen LogP contribution in [0.5, 0.6) is 0 Å². The highest BCUT2D eigenvalue weighted by Crippen LogP contribution is 2.32. The lowest BCUT2D eigenvalue weighted by molar-refractivity contribution is -0.179. The summed E-state index contributed by atoms with van der Waals surface area (Å²) in [6.45, 7) is 4.50. The summed E-state index contributed by atoms with van der Waals surface area (Å²) in [5, 5.41) is 12.3. The first-order valence-corrected chi connectivity index (χ1v) is 5.72. The SMILES string of the molecule is CC(C)(CN)OC(=O)C1(C(=O)O)CCNCC1. The zero-order valence-electron chi connectivity index (χ0n) is 10.3. The number of carboxylic acids is 1. The highest BCUT2D eigenvalue weighted by atomic mass is 16.6. The van der Waals surface area contributed by atoms with E-state index in [4.69, 9.17) is 10.5 Å². The number of hydrogen-bond acceptors (Lipinski definition) is 5. The second-order valence-electron chi connectivity index (χ2n) is 4.99. The molecule has 0 bridgehead atoms. The van der Waals surface area contributed by atoms with Gasteiger partial charge in [-0.2, -0.15) is 0 Å². The van der Waals surface area contributed by atoms with Gasteiger partial charge in [0.15, 0.2) is 5.41 Å². The molecule has 6 nitrogen and oxygen atoms in total. The number of carbonyl (C=O) groups excluding carboxylic acids is 1. The maximum absolute atomic E-state index is 12.0. The predicted molar refractivity (Wildman–Crippen MR) is 61.4 cm³/mol. The molecule has 0 unspecified atom stereocenters. The fourth-order valence-corrected chi connectivity index (χ4v) is 1.75. The van der Waals surface area contributed by atoms with Crippen molar-refractivity contribution in [2.24, 2.45) is 11.1 Å². The lowest BCUT2D eigenvalue weighted by Gasteiger charge is -2.34. The first-order valence-electron chi connectivity index (χ1n) is 5.72. The second-order valence-corrected chi connectivity index (χ2v) is 4.99. The fraction of sp³-hybridized carbons (Fsp3) is 0.818. The molecule has 1 fully saturated rings. The van der Waals surface area contributed by atoms with E-state index in [0.717, 1.165) is 0 Å². The minimum atomic E-state index is -1.42. The molecule has 0 radical (unpaired) electrons. The molecule has 1 aliphatic heterocycles. The molecule has 0 saturated carbocycles. The highest BCUT2D eigenvalue weighted by molar-refractivity contribution is 5.99. The summed E-state index contributed by atoms with van der Waals surface area (Å²) in [5.74, 6) is -1.79. The summed E-state index contributed by atoms with van der Waals surface area (Å²) in [4.78, 5) is 23.4. The van der Waals surface area contributed by atoms with Gasteiger partial charge < -0.3 is 20.9 Å². The second kappa shape index (κ2) is 5.01. The average Bonchev–Trinajstić information content (AvgIpc) is 2.29. The van der Waals surface area contributed by atoms with Crippen LogP contribution in [0.15, 0.2) is 0 Å². The van der Waals surface area contributed by atoms with Gasteiger partial charge in [0, 0.05) is 6.54 Å². The molecule has 0 spiro atoms. The standard InChI is InChI=1S/C11H20N2O4/c1-10(2,7-12)17-9(16)11(8(14)15)3-5-13-6-4-11/h13H,3-7,12H2,1-2H3,(H,14,15). The van der Waals surface area contributed by atoms with Crippen LogP contribution in [0.25, 0.3) is 0 Å². The Labute approximate surface area is 101 Å². The minimum absolute atomic E-state index is 0.159. The molecule has 0 atom stereocenters. The van der Waals surface area contributed by atoms with Crippen LogP contribution in [0.1, 0.15) is 26.7 Å². The maximum Gasteiger partial charge on any atom is 0.324 e. The summed E-state index contributed by atoms with van der Waals surface area (Å²) in [6, 6.07) is 0. The van der Waals surface area contributed by atoms with Crippen molar-refractivity contribution >= 4 is 11.9 Å². The van der Waals surface area contributed by atoms with Crippen molar-refractivity contribution < 1.29 is 19.4 Å². The molecular formula is C11H20N2O4. The van der Waals surface area contributed by atoms with Gasteiger partial charge in [0.1, 0.15) is 5.60 Å². The summed E-state index contributed by atoms with van der Waals surface area (Å²) >= 11 is 0. The molecular weight excluding hydrogens is 224 g/mol. The van der Waals surface area contributed by atoms with Crippen LogP contribution >= 0.6 is 0 Å². The third kappa shape index (κ3) is 2.95. The Kier molecular flexibility index (Phi) is 4.11. The van der Waals surface area contributed by atoms with Crippen molar-refractivity contribution in [3.63, 3.8) is 0 Å². The number of piperidine rings is 1. The van der Waals surface area contributed by atoms with E-state index in [1.54, 1.807) is 13.8 Å². The number of aliphatic carboxylic acids is 1. The lowest BCUT2D eigenvalue weighted by Crippen LogP contribution is -2.51. The molecule has 1 rings (SSSR count). The highest BCUT2D eigenvalue weighted by Gasteiger charge is 2.49. The van der Waals surface area contributed by atoms with Gasteiger partial charge in [-0.1, -0.05) is 0 Å². The van der Waals surface area contributed by atoms with E-state index < -0.39 is 23.0 Å². The first-order chi connectivity index (χ1) is 7.84. The predicted octanol–water partition coefficient (Wildman–Crippen LogP) is -0.279. The zero-order chi connectivity index (χ0) is 13.1. The number of nitrogens with two attached hydrogens (primary N) is 1. The van der Waals surface area contributed by atoms with Gasteiger partial charge in [0.05, 0.1) is 0 Å². The van der Waals surface area contributed by atoms with Crippen LogP contribution in [0, 0.1) is 5.41 Å². The number of esters is 1. The molecule has 0 aromatic carbocycles.